The van der Waals surface area contributed by atoms with Gasteiger partial charge >= 0.3 is 0 Å². The maximum Gasteiger partial charge on any atom is 0.212 e. The minimum absolute atomic E-state index is 0.466. The Morgan fingerprint density at radius 2 is 1.81 bits per heavy atom. The van der Waals surface area contributed by atoms with Crippen LogP contribution in [0.25, 0.3) is 11.1 Å². The number of benzene rings is 3. The van der Waals surface area contributed by atoms with Gasteiger partial charge in [0.15, 0.2) is 11.5 Å². The molecule has 2 nitrogen and oxygen atoms in total. The molecule has 1 aliphatic heterocycles. The lowest BCUT2D eigenvalue weighted by Crippen LogP contribution is -1.98. The normalized spacial score (nSPS) is 16.6. The van der Waals surface area contributed by atoms with Crippen LogP contribution in [0.15, 0.2) is 60.7 Å². The highest BCUT2D eigenvalue weighted by molar-refractivity contribution is 5.85. The lowest BCUT2D eigenvalue weighted by atomic mass is 9.87. The van der Waals surface area contributed by atoms with Crippen LogP contribution in [0.5, 0.6) is 17.2 Å². The molecular weight excluding hydrogens is 320 g/mol. The summed E-state index contributed by atoms with van der Waals surface area (Å²) in [5, 5.41) is 0. The SMILES string of the molecule is CCCOc1ccc(-c2cccc3c2C(c2ccccc2)CC3)c2c1O2. The first-order valence-corrected chi connectivity index (χ1v) is 9.51. The van der Waals surface area contributed by atoms with E-state index in [-0.39, 0.29) is 0 Å². The number of hydrogen-bond donors (Lipinski definition) is 0. The molecule has 3 aromatic rings. The van der Waals surface area contributed by atoms with Crippen LogP contribution in [0.1, 0.15) is 42.4 Å². The van der Waals surface area contributed by atoms with Crippen molar-refractivity contribution in [3.05, 3.63) is 77.4 Å². The van der Waals surface area contributed by atoms with Gasteiger partial charge in [-0.15, -0.1) is 0 Å². The molecule has 1 unspecified atom stereocenters. The molecule has 0 bridgehead atoms. The summed E-state index contributed by atoms with van der Waals surface area (Å²) < 4.78 is 11.6. The highest BCUT2D eigenvalue weighted by Crippen LogP contribution is 2.59. The van der Waals surface area contributed by atoms with E-state index in [4.69, 9.17) is 9.47 Å². The second-order valence-electron chi connectivity index (χ2n) is 7.10. The maximum atomic E-state index is 5.83. The molecule has 0 saturated heterocycles. The second kappa shape index (κ2) is 6.21. The number of ether oxygens (including phenoxy) is 2. The van der Waals surface area contributed by atoms with Crippen LogP contribution >= 0.6 is 0 Å². The van der Waals surface area contributed by atoms with Crippen molar-refractivity contribution in [2.24, 2.45) is 0 Å². The maximum absolute atomic E-state index is 5.83. The van der Waals surface area contributed by atoms with E-state index >= 15 is 0 Å². The first kappa shape index (κ1) is 15.5. The molecule has 130 valence electrons. The Kier molecular flexibility index (Phi) is 3.70. The average molecular weight is 342 g/mol. The van der Waals surface area contributed by atoms with Crippen molar-refractivity contribution < 1.29 is 9.47 Å². The first-order chi connectivity index (χ1) is 12.9. The molecule has 1 heterocycles. The molecular formula is C24H22O2. The molecule has 2 heteroatoms. The summed E-state index contributed by atoms with van der Waals surface area (Å²) in [6.07, 6.45) is 3.32. The summed E-state index contributed by atoms with van der Waals surface area (Å²) in [5.74, 6) is 3.25. The van der Waals surface area contributed by atoms with Gasteiger partial charge in [0.05, 0.1) is 6.61 Å². The zero-order valence-corrected chi connectivity index (χ0v) is 15.0. The average Bonchev–Trinajstić information content (AvgIpc) is 3.38. The molecule has 1 aliphatic carbocycles. The van der Waals surface area contributed by atoms with E-state index in [0.717, 1.165) is 36.7 Å². The first-order valence-electron chi connectivity index (χ1n) is 9.51. The smallest absolute Gasteiger partial charge is 0.212 e. The van der Waals surface area contributed by atoms with E-state index in [1.807, 2.05) is 0 Å². The van der Waals surface area contributed by atoms with Crippen LogP contribution in [0.4, 0.5) is 0 Å². The number of hydrogen-bond acceptors (Lipinski definition) is 2. The Hall–Kier alpha value is -2.74. The summed E-state index contributed by atoms with van der Waals surface area (Å²) in [6, 6.07) is 21.8. The van der Waals surface area contributed by atoms with E-state index < -0.39 is 0 Å². The third-order valence-corrected chi connectivity index (χ3v) is 5.44. The molecule has 0 N–H and O–H groups in total. The van der Waals surface area contributed by atoms with Crippen LogP contribution < -0.4 is 9.47 Å². The van der Waals surface area contributed by atoms with Gasteiger partial charge in [-0.05, 0) is 53.6 Å². The summed E-state index contributed by atoms with van der Waals surface area (Å²) >= 11 is 0. The van der Waals surface area contributed by atoms with Gasteiger partial charge in [-0.1, -0.05) is 55.5 Å². The Bertz CT molecular complexity index is 959. The molecule has 0 radical (unpaired) electrons. The van der Waals surface area contributed by atoms with Crippen LogP contribution in [0.2, 0.25) is 0 Å². The highest BCUT2D eigenvalue weighted by Gasteiger charge is 2.34. The topological polar surface area (TPSA) is 21.8 Å². The molecule has 3 aromatic carbocycles. The molecule has 26 heavy (non-hydrogen) atoms. The molecule has 0 saturated carbocycles. The fourth-order valence-corrected chi connectivity index (χ4v) is 4.20. The monoisotopic (exact) mass is 342 g/mol. The van der Waals surface area contributed by atoms with E-state index in [1.165, 1.54) is 34.2 Å². The minimum Gasteiger partial charge on any atom is -0.490 e. The standard InChI is InChI=1S/C24H22O2/c1-2-15-25-21-14-13-20(23-24(21)26-23)19-10-6-9-17-11-12-18(22(17)19)16-7-4-3-5-8-16/h3-10,13-14,18H,2,11-12,15H2,1H3. The third-order valence-electron chi connectivity index (χ3n) is 5.44. The fourth-order valence-electron chi connectivity index (χ4n) is 4.20. The molecule has 0 amide bonds. The summed E-state index contributed by atoms with van der Waals surface area (Å²) in [5.41, 5.74) is 6.85. The molecule has 0 aromatic heterocycles. The van der Waals surface area contributed by atoms with Crippen LogP contribution in [-0.2, 0) is 6.42 Å². The van der Waals surface area contributed by atoms with Gasteiger partial charge < -0.3 is 9.47 Å². The van der Waals surface area contributed by atoms with Gasteiger partial charge in [-0.2, -0.15) is 0 Å². The summed E-state index contributed by atoms with van der Waals surface area (Å²) in [4.78, 5) is 0. The predicted molar refractivity (Wildman–Crippen MR) is 104 cm³/mol. The van der Waals surface area contributed by atoms with Gasteiger partial charge in [0.2, 0.25) is 5.75 Å². The van der Waals surface area contributed by atoms with E-state index in [9.17, 15) is 0 Å². The summed E-state index contributed by atoms with van der Waals surface area (Å²) in [7, 11) is 0. The zero-order chi connectivity index (χ0) is 17.5. The predicted octanol–water partition coefficient (Wildman–Crippen LogP) is 6.33. The van der Waals surface area contributed by atoms with Crippen molar-refractivity contribution in [1.82, 2.24) is 0 Å². The number of fused-ring (bicyclic) bond motifs is 2. The lowest BCUT2D eigenvalue weighted by molar-refractivity contribution is 0.314. The Balaban J connectivity index is 1.58. The van der Waals surface area contributed by atoms with Gasteiger partial charge in [0.1, 0.15) is 0 Å². The highest BCUT2D eigenvalue weighted by atomic mass is 16.6. The minimum atomic E-state index is 0.466. The van der Waals surface area contributed by atoms with Crippen LogP contribution in [-0.4, -0.2) is 6.61 Å². The van der Waals surface area contributed by atoms with Gasteiger partial charge in [0, 0.05) is 11.5 Å². The van der Waals surface area contributed by atoms with Crippen molar-refractivity contribution in [3.63, 3.8) is 0 Å². The van der Waals surface area contributed by atoms with Gasteiger partial charge in [-0.3, -0.25) is 0 Å². The van der Waals surface area contributed by atoms with Gasteiger partial charge in [0.25, 0.3) is 0 Å². The van der Waals surface area contributed by atoms with E-state index in [0.29, 0.717) is 5.92 Å². The van der Waals surface area contributed by atoms with Crippen LogP contribution in [0.3, 0.4) is 0 Å². The number of rotatable bonds is 5. The Labute approximate surface area is 154 Å². The largest absolute Gasteiger partial charge is 0.490 e. The van der Waals surface area contributed by atoms with Crippen molar-refractivity contribution >= 4 is 0 Å². The summed E-state index contributed by atoms with van der Waals surface area (Å²) in [6.45, 7) is 2.84. The zero-order valence-electron chi connectivity index (χ0n) is 15.0. The quantitative estimate of drug-likeness (QED) is 0.395. The molecule has 1 atom stereocenters. The fraction of sp³-hybridized carbons (Fsp3) is 0.250. The Morgan fingerprint density at radius 3 is 2.65 bits per heavy atom. The van der Waals surface area contributed by atoms with Crippen molar-refractivity contribution in [3.8, 4) is 28.4 Å². The van der Waals surface area contributed by atoms with E-state index in [2.05, 4.69) is 67.6 Å². The van der Waals surface area contributed by atoms with Gasteiger partial charge in [-0.25, -0.2) is 0 Å². The van der Waals surface area contributed by atoms with E-state index in [1.54, 1.807) is 0 Å². The third kappa shape index (κ3) is 2.48. The van der Waals surface area contributed by atoms with Crippen molar-refractivity contribution in [2.45, 2.75) is 32.1 Å². The van der Waals surface area contributed by atoms with Crippen LogP contribution in [0, 0.1) is 0 Å². The lowest BCUT2D eigenvalue weighted by Gasteiger charge is -2.16. The second-order valence-corrected chi connectivity index (χ2v) is 7.10. The van der Waals surface area contributed by atoms with Crippen molar-refractivity contribution in [2.75, 3.05) is 6.61 Å². The molecule has 0 spiro atoms. The molecule has 0 fully saturated rings. The molecule has 2 aliphatic rings. The molecule has 5 rings (SSSR count). The Morgan fingerprint density at radius 1 is 0.923 bits per heavy atom. The number of aryl methyl sites for hydroxylation is 1. The van der Waals surface area contributed by atoms with Crippen molar-refractivity contribution in [1.29, 1.82) is 0 Å².